The van der Waals surface area contributed by atoms with Crippen molar-refractivity contribution >= 4 is 37.5 Å². The second-order valence-corrected chi connectivity index (χ2v) is 10.9. The quantitative estimate of drug-likeness (QED) is 0.276. The molecule has 6 N–H and O–H groups in total. The van der Waals surface area contributed by atoms with Gasteiger partial charge in [0, 0.05) is 11.3 Å². The van der Waals surface area contributed by atoms with Gasteiger partial charge >= 0.3 is 6.03 Å². The highest BCUT2D eigenvalue weighted by molar-refractivity contribution is 7.89. The fourth-order valence-corrected chi connectivity index (χ4v) is 4.48. The number of carbonyl (C=O) groups excluding carboxylic acids is 1. The van der Waals surface area contributed by atoms with Gasteiger partial charge in [-0.2, -0.15) is 5.10 Å². The summed E-state index contributed by atoms with van der Waals surface area (Å²) in [5, 5.41) is 20.0. The molecule has 0 atom stereocenters. The van der Waals surface area contributed by atoms with Crippen molar-refractivity contribution in [1.29, 1.82) is 0 Å². The van der Waals surface area contributed by atoms with Gasteiger partial charge in [0.15, 0.2) is 0 Å². The molecule has 0 unspecified atom stereocenters. The number of urea groups is 1. The number of sulfonamides is 2. The number of anilines is 2. The summed E-state index contributed by atoms with van der Waals surface area (Å²) in [5.41, 5.74) is 2.39. The van der Waals surface area contributed by atoms with E-state index in [0.29, 0.717) is 34.1 Å². The van der Waals surface area contributed by atoms with E-state index in [1.165, 1.54) is 59.4 Å². The van der Waals surface area contributed by atoms with E-state index in [-0.39, 0.29) is 9.79 Å². The normalized spacial score (nSPS) is 11.6. The lowest BCUT2D eigenvalue weighted by molar-refractivity contribution is 0.262. The number of hydrogen-bond acceptors (Lipinski definition) is 7. The molecule has 1 aromatic heterocycles. The molecular formula is C23H22N6O6S2. The molecule has 192 valence electrons. The molecule has 0 bridgehead atoms. The van der Waals surface area contributed by atoms with Crippen LogP contribution in [0.2, 0.25) is 0 Å². The first-order chi connectivity index (χ1) is 17.5. The zero-order valence-electron chi connectivity index (χ0n) is 19.3. The van der Waals surface area contributed by atoms with Crippen molar-refractivity contribution < 1.29 is 26.4 Å². The number of benzene rings is 3. The summed E-state index contributed by atoms with van der Waals surface area (Å²) in [7, 11) is -6.19. The van der Waals surface area contributed by atoms with Gasteiger partial charge in [-0.1, -0.05) is 0 Å². The van der Waals surface area contributed by atoms with Gasteiger partial charge in [-0.25, -0.2) is 36.6 Å². The van der Waals surface area contributed by atoms with Crippen LogP contribution in [0, 0.1) is 0 Å². The first kappa shape index (κ1) is 25.8. The van der Waals surface area contributed by atoms with Crippen LogP contribution >= 0.6 is 0 Å². The van der Waals surface area contributed by atoms with Crippen molar-refractivity contribution in [1.82, 2.24) is 9.78 Å². The highest BCUT2D eigenvalue weighted by atomic mass is 32.2. The fourth-order valence-electron chi connectivity index (χ4n) is 3.45. The molecule has 0 aliphatic heterocycles. The zero-order chi connectivity index (χ0) is 26.8. The highest BCUT2D eigenvalue weighted by Crippen LogP contribution is 2.32. The van der Waals surface area contributed by atoms with E-state index >= 15 is 0 Å². The first-order valence-corrected chi connectivity index (χ1v) is 13.6. The molecule has 14 heteroatoms. The van der Waals surface area contributed by atoms with Crippen LogP contribution in [-0.2, 0) is 20.0 Å². The third kappa shape index (κ3) is 5.95. The summed E-state index contributed by atoms with van der Waals surface area (Å²) in [6.07, 6.45) is 1.44. The number of primary sulfonamides is 2. The van der Waals surface area contributed by atoms with Gasteiger partial charge in [-0.3, -0.25) is 0 Å². The first-order valence-electron chi connectivity index (χ1n) is 10.5. The lowest BCUT2D eigenvalue weighted by Crippen LogP contribution is -2.20. The summed E-state index contributed by atoms with van der Waals surface area (Å²) in [6, 6.07) is 17.6. The number of amides is 2. The fraction of sp³-hybridized carbons (Fsp3) is 0.0435. The maximum absolute atomic E-state index is 12.7. The summed E-state index contributed by atoms with van der Waals surface area (Å²) < 4.78 is 52.9. The van der Waals surface area contributed by atoms with Gasteiger partial charge in [0.2, 0.25) is 20.0 Å². The molecule has 0 saturated carbocycles. The number of aromatic nitrogens is 2. The minimum Gasteiger partial charge on any atom is -0.497 e. The van der Waals surface area contributed by atoms with Gasteiger partial charge in [-0.05, 0) is 72.8 Å². The van der Waals surface area contributed by atoms with Crippen LogP contribution in [-0.4, -0.2) is 39.8 Å². The zero-order valence-corrected chi connectivity index (χ0v) is 21.0. The molecule has 12 nitrogen and oxygen atoms in total. The number of ether oxygens (including phenoxy) is 1. The molecule has 2 amide bonds. The maximum Gasteiger partial charge on any atom is 0.323 e. The average Bonchev–Trinajstić information content (AvgIpc) is 3.26. The number of carbonyl (C=O) groups is 1. The number of rotatable bonds is 7. The third-order valence-corrected chi connectivity index (χ3v) is 7.09. The molecule has 1 heterocycles. The number of nitrogens with two attached hydrogens (primary N) is 2. The average molecular weight is 543 g/mol. The van der Waals surface area contributed by atoms with E-state index in [9.17, 15) is 21.6 Å². The molecule has 37 heavy (non-hydrogen) atoms. The Morgan fingerprint density at radius 3 is 1.86 bits per heavy atom. The Kier molecular flexibility index (Phi) is 7.00. The second kappa shape index (κ2) is 10.0. The molecule has 0 radical (unpaired) electrons. The smallest absolute Gasteiger partial charge is 0.323 e. The molecule has 0 spiro atoms. The van der Waals surface area contributed by atoms with Crippen LogP contribution < -0.4 is 25.6 Å². The summed E-state index contributed by atoms with van der Waals surface area (Å²) in [6.45, 7) is 0. The van der Waals surface area contributed by atoms with Gasteiger partial charge < -0.3 is 15.4 Å². The Bertz CT molecular complexity index is 1650. The number of nitrogens with zero attached hydrogens (tertiary/aromatic N) is 2. The van der Waals surface area contributed by atoms with Gasteiger partial charge in [0.05, 0.1) is 40.2 Å². The van der Waals surface area contributed by atoms with Crippen molar-refractivity contribution in [2.24, 2.45) is 10.3 Å². The predicted molar refractivity (Wildman–Crippen MR) is 137 cm³/mol. The molecule has 0 fully saturated rings. The monoisotopic (exact) mass is 542 g/mol. The summed E-state index contributed by atoms with van der Waals surface area (Å²) in [4.78, 5) is 12.6. The standard InChI is InChI=1S/C23H22N6O6S2/c1-35-18-8-2-15(3-9-18)22-21(14-26-29(22)17-6-12-20(13-7-17)37(25,33)34)28-23(30)27-16-4-10-19(11-5-16)36(24,31)32/h2-14H,1H3,(H2,24,31,32)(H2,25,33,34)(H2,27,28,30). The lowest BCUT2D eigenvalue weighted by Gasteiger charge is -2.13. The Hall–Kier alpha value is -4.24. The van der Waals surface area contributed by atoms with E-state index in [4.69, 9.17) is 15.0 Å². The SMILES string of the molecule is COc1ccc(-c2c(NC(=O)Nc3ccc(S(N)(=O)=O)cc3)cnn2-c2ccc(S(N)(=O)=O)cc2)cc1. The van der Waals surface area contributed by atoms with Crippen LogP contribution in [0.5, 0.6) is 5.75 Å². The van der Waals surface area contributed by atoms with E-state index in [0.717, 1.165) is 0 Å². The predicted octanol–water partition coefficient (Wildman–Crippen LogP) is 2.49. The van der Waals surface area contributed by atoms with Crippen LogP contribution in [0.15, 0.2) is 88.8 Å². The van der Waals surface area contributed by atoms with Gasteiger partial charge in [-0.15, -0.1) is 0 Å². The van der Waals surface area contributed by atoms with E-state index in [1.807, 2.05) is 0 Å². The second-order valence-electron chi connectivity index (χ2n) is 7.73. The molecule has 0 saturated heterocycles. The summed E-state index contributed by atoms with van der Waals surface area (Å²) in [5.74, 6) is 0.627. The molecule has 4 aromatic rings. The van der Waals surface area contributed by atoms with E-state index in [2.05, 4.69) is 15.7 Å². The minimum atomic E-state index is -3.87. The molecular weight excluding hydrogens is 520 g/mol. The number of hydrogen-bond donors (Lipinski definition) is 4. The van der Waals surface area contributed by atoms with Gasteiger partial charge in [0.1, 0.15) is 5.75 Å². The van der Waals surface area contributed by atoms with Crippen LogP contribution in [0.3, 0.4) is 0 Å². The van der Waals surface area contributed by atoms with Crippen LogP contribution in [0.1, 0.15) is 0 Å². The molecule has 0 aliphatic carbocycles. The molecule has 0 aliphatic rings. The number of methoxy groups -OCH3 is 1. The van der Waals surface area contributed by atoms with Crippen molar-refractivity contribution in [2.45, 2.75) is 9.79 Å². The Morgan fingerprint density at radius 1 is 0.811 bits per heavy atom. The Balaban J connectivity index is 1.67. The molecule has 3 aromatic carbocycles. The van der Waals surface area contributed by atoms with Gasteiger partial charge in [0.25, 0.3) is 0 Å². The van der Waals surface area contributed by atoms with Crippen molar-refractivity contribution in [2.75, 3.05) is 17.7 Å². The third-order valence-electron chi connectivity index (χ3n) is 5.23. The number of nitrogens with one attached hydrogen (secondary N) is 2. The van der Waals surface area contributed by atoms with E-state index in [1.54, 1.807) is 31.4 Å². The Morgan fingerprint density at radius 2 is 1.35 bits per heavy atom. The topological polar surface area (TPSA) is 188 Å². The molecule has 4 rings (SSSR count). The largest absolute Gasteiger partial charge is 0.497 e. The van der Waals surface area contributed by atoms with Crippen molar-refractivity contribution in [3.63, 3.8) is 0 Å². The van der Waals surface area contributed by atoms with E-state index < -0.39 is 26.1 Å². The minimum absolute atomic E-state index is 0.0550. The van der Waals surface area contributed by atoms with Crippen LogP contribution in [0.4, 0.5) is 16.2 Å². The van der Waals surface area contributed by atoms with Crippen molar-refractivity contribution in [3.05, 3.63) is 79.0 Å². The lowest BCUT2D eigenvalue weighted by atomic mass is 10.1. The van der Waals surface area contributed by atoms with Crippen LogP contribution in [0.25, 0.3) is 16.9 Å². The van der Waals surface area contributed by atoms with Crippen molar-refractivity contribution in [3.8, 4) is 22.7 Å². The summed E-state index contributed by atoms with van der Waals surface area (Å²) >= 11 is 0. The Labute approximate surface area is 213 Å². The highest BCUT2D eigenvalue weighted by Gasteiger charge is 2.18. The maximum atomic E-state index is 12.7.